The summed E-state index contributed by atoms with van der Waals surface area (Å²) in [6, 6.07) is 4.69. The summed E-state index contributed by atoms with van der Waals surface area (Å²) in [6.45, 7) is 1.43. The van der Waals surface area contributed by atoms with Gasteiger partial charge >= 0.3 is 6.18 Å². The number of nitrogens with one attached hydrogen (secondary N) is 1. The van der Waals surface area contributed by atoms with Crippen LogP contribution in [-0.2, 0) is 15.8 Å². The minimum atomic E-state index is -4.44. The van der Waals surface area contributed by atoms with Crippen molar-refractivity contribution >= 4 is 17.5 Å². The van der Waals surface area contributed by atoms with Crippen LogP contribution in [0, 0.1) is 5.92 Å². The summed E-state index contributed by atoms with van der Waals surface area (Å²) in [6.07, 6.45) is -0.748. The Labute approximate surface area is 156 Å². The van der Waals surface area contributed by atoms with Gasteiger partial charge in [0.25, 0.3) is 0 Å². The topological polar surface area (TPSA) is 52.7 Å². The fourth-order valence-electron chi connectivity index (χ4n) is 3.47. The van der Waals surface area contributed by atoms with E-state index in [1.54, 1.807) is 4.90 Å². The van der Waals surface area contributed by atoms with Crippen molar-refractivity contribution in [3.63, 3.8) is 0 Å². The van der Waals surface area contributed by atoms with Crippen LogP contribution in [-0.4, -0.2) is 54.3 Å². The number of carbonyl (C=O) groups is 2. The van der Waals surface area contributed by atoms with Gasteiger partial charge in [-0.3, -0.25) is 14.5 Å². The van der Waals surface area contributed by atoms with Crippen LogP contribution >= 0.6 is 0 Å². The van der Waals surface area contributed by atoms with Gasteiger partial charge in [0.2, 0.25) is 11.8 Å². The molecule has 2 aliphatic rings. The second-order valence-corrected chi connectivity index (χ2v) is 7.38. The molecule has 1 saturated carbocycles. The van der Waals surface area contributed by atoms with Crippen LogP contribution in [0.5, 0.6) is 0 Å². The predicted molar refractivity (Wildman–Crippen MR) is 95.0 cm³/mol. The monoisotopic (exact) mass is 383 g/mol. The Kier molecular flexibility index (Phi) is 5.74. The van der Waals surface area contributed by atoms with E-state index in [2.05, 4.69) is 5.32 Å². The number of alkyl halides is 3. The number of likely N-dealkylation sites (tertiary alicyclic amines) is 1. The molecule has 1 aliphatic heterocycles. The Morgan fingerprint density at radius 3 is 2.67 bits per heavy atom. The Morgan fingerprint density at radius 2 is 2.00 bits per heavy atom. The third-order valence-corrected chi connectivity index (χ3v) is 5.14. The molecule has 1 heterocycles. The lowest BCUT2D eigenvalue weighted by Gasteiger charge is -2.37. The van der Waals surface area contributed by atoms with Gasteiger partial charge < -0.3 is 10.2 Å². The zero-order valence-electron chi connectivity index (χ0n) is 15.3. The molecule has 1 saturated heterocycles. The zero-order valence-corrected chi connectivity index (χ0v) is 15.3. The molecule has 2 amide bonds. The molecule has 148 valence electrons. The Morgan fingerprint density at radius 1 is 1.26 bits per heavy atom. The average Bonchev–Trinajstić information content (AvgIpc) is 3.45. The number of amides is 2. The molecule has 2 fully saturated rings. The second-order valence-electron chi connectivity index (χ2n) is 7.38. The van der Waals surface area contributed by atoms with E-state index in [0.717, 1.165) is 44.4 Å². The summed E-state index contributed by atoms with van der Waals surface area (Å²) < 4.78 is 38.3. The van der Waals surface area contributed by atoms with Crippen molar-refractivity contribution in [1.82, 2.24) is 9.80 Å². The lowest BCUT2D eigenvalue weighted by Crippen LogP contribution is -2.50. The molecule has 0 spiro atoms. The van der Waals surface area contributed by atoms with Crippen LogP contribution in [0.15, 0.2) is 24.3 Å². The van der Waals surface area contributed by atoms with Crippen molar-refractivity contribution in [1.29, 1.82) is 0 Å². The van der Waals surface area contributed by atoms with E-state index in [0.29, 0.717) is 6.54 Å². The van der Waals surface area contributed by atoms with Gasteiger partial charge in [-0.05, 0) is 50.4 Å². The molecule has 1 aromatic rings. The number of halogens is 3. The first-order valence-corrected chi connectivity index (χ1v) is 9.20. The quantitative estimate of drug-likeness (QED) is 0.851. The molecule has 1 aliphatic carbocycles. The van der Waals surface area contributed by atoms with Crippen molar-refractivity contribution in [3.8, 4) is 0 Å². The van der Waals surface area contributed by atoms with E-state index >= 15 is 0 Å². The molecule has 1 atom stereocenters. The third-order valence-electron chi connectivity index (χ3n) is 5.14. The van der Waals surface area contributed by atoms with Gasteiger partial charge in [0.1, 0.15) is 0 Å². The predicted octanol–water partition coefficient (Wildman–Crippen LogP) is 2.98. The van der Waals surface area contributed by atoms with E-state index in [1.807, 2.05) is 11.9 Å². The Hall–Kier alpha value is -2.09. The molecule has 0 bridgehead atoms. The lowest BCUT2D eigenvalue weighted by atomic mass is 10.0. The van der Waals surface area contributed by atoms with E-state index in [4.69, 9.17) is 0 Å². The molecule has 27 heavy (non-hydrogen) atoms. The highest BCUT2D eigenvalue weighted by Gasteiger charge is 2.36. The molecule has 0 radical (unpaired) electrons. The number of benzene rings is 1. The lowest BCUT2D eigenvalue weighted by molar-refractivity contribution is -0.137. The highest BCUT2D eigenvalue weighted by Crippen LogP contribution is 2.32. The number of anilines is 1. The zero-order chi connectivity index (χ0) is 19.6. The summed E-state index contributed by atoms with van der Waals surface area (Å²) >= 11 is 0. The van der Waals surface area contributed by atoms with E-state index in [1.165, 1.54) is 12.1 Å². The van der Waals surface area contributed by atoms with Crippen LogP contribution in [0.1, 0.15) is 31.2 Å². The normalized spacial score (nSPS) is 21.0. The summed E-state index contributed by atoms with van der Waals surface area (Å²) in [5, 5.41) is 2.54. The number of hydrogen-bond acceptors (Lipinski definition) is 3. The fourth-order valence-corrected chi connectivity index (χ4v) is 3.47. The Bertz CT molecular complexity index is 704. The largest absolute Gasteiger partial charge is 0.416 e. The fraction of sp³-hybridized carbons (Fsp3) is 0.579. The van der Waals surface area contributed by atoms with Crippen LogP contribution in [0.3, 0.4) is 0 Å². The minimum absolute atomic E-state index is 0.0770. The first-order valence-electron chi connectivity index (χ1n) is 9.20. The number of rotatable bonds is 5. The Balaban J connectivity index is 1.53. The first-order chi connectivity index (χ1) is 12.7. The van der Waals surface area contributed by atoms with Gasteiger partial charge in [-0.15, -0.1) is 0 Å². The van der Waals surface area contributed by atoms with Crippen molar-refractivity contribution < 1.29 is 22.8 Å². The SMILES string of the molecule is CN(C(=O)C1CC1)C1CCCN(CC(=O)Nc2cccc(C(F)(F)F)c2)C1. The number of carbonyl (C=O) groups excluding carboxylic acids is 2. The maximum Gasteiger partial charge on any atom is 0.416 e. The smallest absolute Gasteiger partial charge is 0.341 e. The van der Waals surface area contributed by atoms with E-state index in [-0.39, 0.29) is 36.0 Å². The number of likely N-dealkylation sites (N-methyl/N-ethyl adjacent to an activating group) is 1. The van der Waals surface area contributed by atoms with Crippen LogP contribution in [0.4, 0.5) is 18.9 Å². The summed E-state index contributed by atoms with van der Waals surface area (Å²) in [5.74, 6) is -0.0176. The standard InChI is InChI=1S/C19H24F3N3O2/c1-24(18(27)13-7-8-13)16-6-3-9-25(11-16)12-17(26)23-15-5-2-4-14(10-15)19(20,21)22/h2,4-5,10,13,16H,3,6-9,11-12H2,1H3,(H,23,26). The molecule has 1 unspecified atom stereocenters. The highest BCUT2D eigenvalue weighted by molar-refractivity contribution is 5.92. The summed E-state index contributed by atoms with van der Waals surface area (Å²) in [5.41, 5.74) is -0.664. The highest BCUT2D eigenvalue weighted by atomic mass is 19.4. The van der Waals surface area contributed by atoms with Crippen molar-refractivity contribution in [2.24, 2.45) is 5.92 Å². The number of hydrogen-bond donors (Lipinski definition) is 1. The molecular weight excluding hydrogens is 359 g/mol. The van der Waals surface area contributed by atoms with Crippen LogP contribution in [0.25, 0.3) is 0 Å². The molecular formula is C19H24F3N3O2. The first kappa shape index (κ1) is 19.7. The van der Waals surface area contributed by atoms with Gasteiger partial charge in [-0.1, -0.05) is 6.07 Å². The number of piperidine rings is 1. The van der Waals surface area contributed by atoms with Gasteiger partial charge in [0.05, 0.1) is 12.1 Å². The summed E-state index contributed by atoms with van der Waals surface area (Å²) in [4.78, 5) is 28.2. The maximum atomic E-state index is 12.8. The van der Waals surface area contributed by atoms with Crippen molar-refractivity contribution in [3.05, 3.63) is 29.8 Å². The molecule has 0 aromatic heterocycles. The van der Waals surface area contributed by atoms with Crippen LogP contribution < -0.4 is 5.32 Å². The summed E-state index contributed by atoms with van der Waals surface area (Å²) in [7, 11) is 1.82. The van der Waals surface area contributed by atoms with Crippen molar-refractivity contribution in [2.45, 2.75) is 37.9 Å². The van der Waals surface area contributed by atoms with Crippen molar-refractivity contribution in [2.75, 3.05) is 32.0 Å². The molecule has 5 nitrogen and oxygen atoms in total. The number of nitrogens with zero attached hydrogens (tertiary/aromatic N) is 2. The van der Waals surface area contributed by atoms with Gasteiger partial charge in [-0.25, -0.2) is 0 Å². The van der Waals surface area contributed by atoms with Crippen LogP contribution in [0.2, 0.25) is 0 Å². The van der Waals surface area contributed by atoms with Gasteiger partial charge in [0.15, 0.2) is 0 Å². The van der Waals surface area contributed by atoms with Gasteiger partial charge in [-0.2, -0.15) is 13.2 Å². The minimum Gasteiger partial charge on any atom is -0.341 e. The van der Waals surface area contributed by atoms with Gasteiger partial charge in [0, 0.05) is 31.2 Å². The second kappa shape index (κ2) is 7.88. The molecule has 1 aromatic carbocycles. The average molecular weight is 383 g/mol. The maximum absolute atomic E-state index is 12.8. The van der Waals surface area contributed by atoms with E-state index in [9.17, 15) is 22.8 Å². The molecule has 8 heteroatoms. The molecule has 1 N–H and O–H groups in total. The van der Waals surface area contributed by atoms with E-state index < -0.39 is 11.7 Å². The third kappa shape index (κ3) is 5.22. The molecule has 3 rings (SSSR count).